The van der Waals surface area contributed by atoms with Gasteiger partial charge in [0.25, 0.3) is 0 Å². The van der Waals surface area contributed by atoms with Crippen LogP contribution in [0.15, 0.2) is 0 Å². The molecule has 0 spiro atoms. The van der Waals surface area contributed by atoms with Gasteiger partial charge in [-0.15, -0.1) is 0 Å². The first kappa shape index (κ1) is 9.20. The molecule has 13 heavy (non-hydrogen) atoms. The molecule has 0 aromatic rings. The topological polar surface area (TPSA) is 37.3 Å². The molecule has 2 heteroatoms. The Balaban J connectivity index is 2.11. The van der Waals surface area contributed by atoms with E-state index in [1.807, 2.05) is 0 Å². The van der Waals surface area contributed by atoms with Gasteiger partial charge in [-0.05, 0) is 37.5 Å². The lowest BCUT2D eigenvalue weighted by atomic mass is 9.65. The van der Waals surface area contributed by atoms with Gasteiger partial charge in [-0.1, -0.05) is 6.42 Å². The first-order valence-corrected chi connectivity index (χ1v) is 5.46. The van der Waals surface area contributed by atoms with E-state index in [1.165, 1.54) is 19.3 Å². The highest BCUT2D eigenvalue weighted by atomic mass is 16.3. The van der Waals surface area contributed by atoms with Crippen LogP contribution in [-0.4, -0.2) is 17.5 Å². The van der Waals surface area contributed by atoms with Crippen molar-refractivity contribution in [2.75, 3.05) is 6.61 Å². The van der Waals surface area contributed by atoms with Crippen molar-refractivity contribution in [3.05, 3.63) is 0 Å². The van der Waals surface area contributed by atoms with Crippen molar-refractivity contribution in [2.24, 2.45) is 17.8 Å². The normalized spacial score (nSPS) is 40.1. The summed E-state index contributed by atoms with van der Waals surface area (Å²) in [7, 11) is 0. The molecule has 2 nitrogen and oxygen atoms in total. The fraction of sp³-hybridized carbons (Fsp3) is 0.909. The number of ketones is 1. The molecule has 0 saturated heterocycles. The van der Waals surface area contributed by atoms with Crippen molar-refractivity contribution < 1.29 is 9.90 Å². The molecule has 1 N–H and O–H groups in total. The minimum atomic E-state index is 0.215. The maximum absolute atomic E-state index is 11.7. The number of Topliss-reactive ketones (excluding diaryl/α,β-unsaturated/α-hetero) is 1. The molecule has 2 aliphatic rings. The summed E-state index contributed by atoms with van der Waals surface area (Å²) in [4.78, 5) is 11.7. The number of hydrogen-bond acceptors (Lipinski definition) is 2. The minimum absolute atomic E-state index is 0.215. The Morgan fingerprint density at radius 1 is 1.23 bits per heavy atom. The Labute approximate surface area is 79.3 Å². The van der Waals surface area contributed by atoms with Gasteiger partial charge >= 0.3 is 0 Å². The van der Waals surface area contributed by atoms with Gasteiger partial charge in [0, 0.05) is 18.9 Å². The van der Waals surface area contributed by atoms with Gasteiger partial charge in [0.2, 0.25) is 0 Å². The molecule has 0 bridgehead atoms. The maximum Gasteiger partial charge on any atom is 0.136 e. The van der Waals surface area contributed by atoms with Crippen molar-refractivity contribution in [1.29, 1.82) is 0 Å². The van der Waals surface area contributed by atoms with Crippen molar-refractivity contribution in [3.63, 3.8) is 0 Å². The summed E-state index contributed by atoms with van der Waals surface area (Å²) in [6.45, 7) is 0.215. The average Bonchev–Trinajstić information content (AvgIpc) is 2.17. The number of hydrogen-bond donors (Lipinski definition) is 1. The van der Waals surface area contributed by atoms with Crippen LogP contribution in [0.2, 0.25) is 0 Å². The zero-order valence-corrected chi connectivity index (χ0v) is 8.04. The molecule has 0 radical (unpaired) electrons. The summed E-state index contributed by atoms with van der Waals surface area (Å²) in [5.41, 5.74) is 0. The predicted octanol–water partition coefficient (Wildman–Crippen LogP) is 1.76. The molecule has 3 atom stereocenters. The van der Waals surface area contributed by atoms with Crippen LogP contribution in [-0.2, 0) is 4.79 Å². The molecule has 2 aliphatic carbocycles. The van der Waals surface area contributed by atoms with Crippen LogP contribution >= 0.6 is 0 Å². The molecule has 0 aromatic carbocycles. The first-order chi connectivity index (χ1) is 6.33. The van der Waals surface area contributed by atoms with Gasteiger partial charge in [0.05, 0.1) is 0 Å². The van der Waals surface area contributed by atoms with E-state index in [0.717, 1.165) is 19.3 Å². The SMILES string of the molecule is O=C1CCCC2CCCC(CO)C12. The summed E-state index contributed by atoms with van der Waals surface area (Å²) in [6, 6.07) is 0. The molecule has 0 amide bonds. The van der Waals surface area contributed by atoms with E-state index >= 15 is 0 Å². The molecule has 74 valence electrons. The fourth-order valence-corrected chi connectivity index (χ4v) is 3.15. The summed E-state index contributed by atoms with van der Waals surface area (Å²) in [6.07, 6.45) is 6.54. The van der Waals surface area contributed by atoms with Crippen LogP contribution in [0.5, 0.6) is 0 Å². The van der Waals surface area contributed by atoms with E-state index in [0.29, 0.717) is 11.7 Å². The van der Waals surface area contributed by atoms with Gasteiger partial charge < -0.3 is 5.11 Å². The molecular formula is C11H18O2. The number of rotatable bonds is 1. The van der Waals surface area contributed by atoms with E-state index in [1.54, 1.807) is 0 Å². The highest BCUT2D eigenvalue weighted by molar-refractivity contribution is 5.82. The van der Waals surface area contributed by atoms with Crippen LogP contribution in [0, 0.1) is 17.8 Å². The van der Waals surface area contributed by atoms with Crippen LogP contribution in [0.4, 0.5) is 0 Å². The second-order valence-corrected chi connectivity index (χ2v) is 4.52. The lowest BCUT2D eigenvalue weighted by Crippen LogP contribution is -2.39. The van der Waals surface area contributed by atoms with E-state index in [9.17, 15) is 9.90 Å². The third-order valence-corrected chi connectivity index (χ3v) is 3.77. The lowest BCUT2D eigenvalue weighted by Gasteiger charge is -2.39. The first-order valence-electron chi connectivity index (χ1n) is 5.46. The van der Waals surface area contributed by atoms with E-state index < -0.39 is 0 Å². The predicted molar refractivity (Wildman–Crippen MR) is 50.3 cm³/mol. The Hall–Kier alpha value is -0.370. The number of aliphatic hydroxyl groups excluding tert-OH is 1. The molecule has 2 saturated carbocycles. The second-order valence-electron chi connectivity index (χ2n) is 4.52. The summed E-state index contributed by atoms with van der Waals surface area (Å²) in [5.74, 6) is 1.53. The lowest BCUT2D eigenvalue weighted by molar-refractivity contribution is -0.131. The monoisotopic (exact) mass is 182 g/mol. The summed E-state index contributed by atoms with van der Waals surface area (Å²) in [5, 5.41) is 9.20. The van der Waals surface area contributed by atoms with Gasteiger partial charge in [-0.25, -0.2) is 0 Å². The van der Waals surface area contributed by atoms with Crippen LogP contribution in [0.3, 0.4) is 0 Å². The number of aliphatic hydroxyl groups is 1. The Morgan fingerprint density at radius 2 is 2.00 bits per heavy atom. The smallest absolute Gasteiger partial charge is 0.136 e. The highest BCUT2D eigenvalue weighted by Gasteiger charge is 2.39. The van der Waals surface area contributed by atoms with E-state index in [-0.39, 0.29) is 18.4 Å². The van der Waals surface area contributed by atoms with Crippen LogP contribution in [0.25, 0.3) is 0 Å². The van der Waals surface area contributed by atoms with Crippen molar-refractivity contribution in [2.45, 2.75) is 38.5 Å². The zero-order valence-electron chi connectivity index (χ0n) is 8.04. The van der Waals surface area contributed by atoms with Gasteiger partial charge in [0.15, 0.2) is 0 Å². The van der Waals surface area contributed by atoms with Crippen molar-refractivity contribution in [1.82, 2.24) is 0 Å². The van der Waals surface area contributed by atoms with Gasteiger partial charge in [-0.3, -0.25) is 4.79 Å². The molecule has 3 unspecified atom stereocenters. The second kappa shape index (κ2) is 3.79. The fourth-order valence-electron chi connectivity index (χ4n) is 3.15. The van der Waals surface area contributed by atoms with Crippen LogP contribution in [0.1, 0.15) is 38.5 Å². The maximum atomic E-state index is 11.7. The summed E-state index contributed by atoms with van der Waals surface area (Å²) < 4.78 is 0. The van der Waals surface area contributed by atoms with Gasteiger partial charge in [0.1, 0.15) is 5.78 Å². The molecular weight excluding hydrogens is 164 g/mol. The molecule has 2 fully saturated rings. The summed E-state index contributed by atoms with van der Waals surface area (Å²) >= 11 is 0. The molecule has 0 aliphatic heterocycles. The Kier molecular flexibility index (Phi) is 2.68. The van der Waals surface area contributed by atoms with Crippen molar-refractivity contribution in [3.8, 4) is 0 Å². The largest absolute Gasteiger partial charge is 0.396 e. The van der Waals surface area contributed by atoms with E-state index in [2.05, 4.69) is 0 Å². The molecule has 0 aromatic heterocycles. The van der Waals surface area contributed by atoms with Crippen LogP contribution < -0.4 is 0 Å². The minimum Gasteiger partial charge on any atom is -0.396 e. The Bertz CT molecular complexity index is 192. The number of carbonyl (C=O) groups excluding carboxylic acids is 1. The standard InChI is InChI=1S/C11H18O2/c12-7-9-5-1-3-8-4-2-6-10(13)11(8)9/h8-9,11-12H,1-7H2. The molecule has 2 rings (SSSR count). The van der Waals surface area contributed by atoms with E-state index in [4.69, 9.17) is 0 Å². The average molecular weight is 182 g/mol. The molecule has 0 heterocycles. The number of carbonyl (C=O) groups is 1. The third kappa shape index (κ3) is 1.64. The van der Waals surface area contributed by atoms with Gasteiger partial charge in [-0.2, -0.15) is 0 Å². The third-order valence-electron chi connectivity index (χ3n) is 3.77. The number of fused-ring (bicyclic) bond motifs is 1. The Morgan fingerprint density at radius 3 is 2.77 bits per heavy atom. The quantitative estimate of drug-likeness (QED) is 0.671. The highest BCUT2D eigenvalue weighted by Crippen LogP contribution is 2.41. The van der Waals surface area contributed by atoms with Crippen molar-refractivity contribution >= 4 is 5.78 Å². The zero-order chi connectivity index (χ0) is 9.26.